The zero-order valence-corrected chi connectivity index (χ0v) is 24.4. The Morgan fingerprint density at radius 3 is 2.45 bits per heavy atom. The number of alkyl halides is 3. The monoisotopic (exact) mass is 599 g/mol. The smallest absolute Gasteiger partial charge is 0.359 e. The molecule has 0 spiro atoms. The maximum Gasteiger partial charge on any atom is 0.416 e. The molecule has 3 aromatic carbocycles. The summed E-state index contributed by atoms with van der Waals surface area (Å²) in [5, 5.41) is 7.74. The molecule has 226 valence electrons. The maximum atomic E-state index is 14.0. The van der Waals surface area contributed by atoms with E-state index in [9.17, 15) is 22.8 Å². The van der Waals surface area contributed by atoms with Crippen LogP contribution in [0.1, 0.15) is 66.2 Å². The van der Waals surface area contributed by atoms with Crippen molar-refractivity contribution in [3.05, 3.63) is 95.8 Å². The molecule has 44 heavy (non-hydrogen) atoms. The van der Waals surface area contributed by atoms with Gasteiger partial charge in [0, 0.05) is 42.4 Å². The number of fused-ring (bicyclic) bond motifs is 2. The van der Waals surface area contributed by atoms with Crippen LogP contribution in [0.2, 0.25) is 0 Å². The van der Waals surface area contributed by atoms with E-state index in [-0.39, 0.29) is 23.8 Å². The number of carbonyl (C=O) groups is 2. The van der Waals surface area contributed by atoms with E-state index in [1.54, 1.807) is 31.6 Å². The highest BCUT2D eigenvalue weighted by Crippen LogP contribution is 2.44. The molecule has 1 fully saturated rings. The van der Waals surface area contributed by atoms with Gasteiger partial charge in [0.05, 0.1) is 28.2 Å². The molecule has 2 amide bonds. The Morgan fingerprint density at radius 1 is 1.00 bits per heavy atom. The normalized spacial score (nSPS) is 17.3. The van der Waals surface area contributed by atoms with E-state index in [2.05, 4.69) is 20.2 Å². The van der Waals surface area contributed by atoms with Crippen LogP contribution < -0.4 is 10.6 Å². The Bertz CT molecular complexity index is 1840. The number of aromatic nitrogens is 3. The van der Waals surface area contributed by atoms with Crippen LogP contribution in [0.5, 0.6) is 0 Å². The second kappa shape index (κ2) is 11.7. The van der Waals surface area contributed by atoms with Gasteiger partial charge >= 0.3 is 6.18 Å². The number of imidazole rings is 1. The molecular formula is C34H32F3N5O2. The molecule has 0 unspecified atom stereocenters. The highest BCUT2D eigenvalue weighted by Gasteiger charge is 2.38. The van der Waals surface area contributed by atoms with Gasteiger partial charge in [0.25, 0.3) is 5.91 Å². The summed E-state index contributed by atoms with van der Waals surface area (Å²) >= 11 is 0. The van der Waals surface area contributed by atoms with Crippen molar-refractivity contribution in [3.63, 3.8) is 0 Å². The molecule has 1 aliphatic rings. The van der Waals surface area contributed by atoms with Gasteiger partial charge in [-0.2, -0.15) is 13.2 Å². The molecule has 2 aromatic heterocycles. The average Bonchev–Trinajstić information content (AvgIpc) is 3.38. The number of carbonyl (C=O) groups excluding carboxylic acids is 2. The zero-order valence-electron chi connectivity index (χ0n) is 24.4. The van der Waals surface area contributed by atoms with Crippen molar-refractivity contribution in [3.8, 4) is 11.4 Å². The minimum absolute atomic E-state index is 0.0176. The minimum Gasteiger partial charge on any atom is -0.359 e. The molecule has 2 heterocycles. The fourth-order valence-corrected chi connectivity index (χ4v) is 6.14. The van der Waals surface area contributed by atoms with Crippen molar-refractivity contribution < 1.29 is 22.8 Å². The van der Waals surface area contributed by atoms with Gasteiger partial charge in [-0.05, 0) is 54.5 Å². The summed E-state index contributed by atoms with van der Waals surface area (Å²) in [4.78, 5) is 35.9. The second-order valence-corrected chi connectivity index (χ2v) is 11.3. The van der Waals surface area contributed by atoms with Gasteiger partial charge in [0.15, 0.2) is 0 Å². The highest BCUT2D eigenvalue weighted by molar-refractivity contribution is 6.07. The van der Waals surface area contributed by atoms with Gasteiger partial charge in [0.1, 0.15) is 5.82 Å². The molecule has 1 atom stereocenters. The summed E-state index contributed by atoms with van der Waals surface area (Å²) in [6.07, 6.45) is 1.59. The lowest BCUT2D eigenvalue weighted by molar-refractivity contribution is -0.137. The Hall–Kier alpha value is -4.73. The van der Waals surface area contributed by atoms with Crippen LogP contribution in [-0.2, 0) is 11.0 Å². The Labute approximate surface area is 252 Å². The molecule has 10 heteroatoms. The van der Waals surface area contributed by atoms with Gasteiger partial charge < -0.3 is 15.2 Å². The Kier molecular flexibility index (Phi) is 7.84. The van der Waals surface area contributed by atoms with Crippen LogP contribution in [0.15, 0.2) is 79.1 Å². The second-order valence-electron chi connectivity index (χ2n) is 11.3. The topological polar surface area (TPSA) is 88.9 Å². The Morgan fingerprint density at radius 2 is 1.75 bits per heavy atom. The van der Waals surface area contributed by atoms with Gasteiger partial charge in [-0.25, -0.2) is 4.98 Å². The first-order valence-electron chi connectivity index (χ1n) is 14.7. The third kappa shape index (κ3) is 5.40. The van der Waals surface area contributed by atoms with E-state index < -0.39 is 17.8 Å². The molecule has 1 saturated carbocycles. The minimum atomic E-state index is -4.44. The summed E-state index contributed by atoms with van der Waals surface area (Å²) in [6.45, 7) is 1.96. The quantitative estimate of drug-likeness (QED) is 0.197. The van der Waals surface area contributed by atoms with E-state index in [1.165, 1.54) is 12.1 Å². The number of rotatable bonds is 8. The third-order valence-corrected chi connectivity index (χ3v) is 8.48. The lowest BCUT2D eigenvalue weighted by Gasteiger charge is -2.36. The summed E-state index contributed by atoms with van der Waals surface area (Å²) in [6, 6.07) is 17.7. The number of amides is 2. The lowest BCUT2D eigenvalue weighted by Crippen LogP contribution is -2.38. The Balaban J connectivity index is 1.43. The van der Waals surface area contributed by atoms with E-state index in [1.807, 2.05) is 37.3 Å². The van der Waals surface area contributed by atoms with Crippen molar-refractivity contribution in [2.24, 2.45) is 5.92 Å². The van der Waals surface area contributed by atoms with Crippen LogP contribution >= 0.6 is 0 Å². The molecule has 1 aliphatic carbocycles. The van der Waals surface area contributed by atoms with Crippen LogP contribution in [0.4, 0.5) is 13.2 Å². The van der Waals surface area contributed by atoms with Crippen molar-refractivity contribution >= 4 is 33.6 Å². The van der Waals surface area contributed by atoms with Crippen LogP contribution in [0, 0.1) is 5.92 Å². The molecule has 7 nitrogen and oxygen atoms in total. The van der Waals surface area contributed by atoms with Gasteiger partial charge in [-0.3, -0.25) is 14.6 Å². The summed E-state index contributed by atoms with van der Waals surface area (Å²) < 4.78 is 41.6. The number of para-hydroxylation sites is 1. The molecule has 0 aliphatic heterocycles. The summed E-state index contributed by atoms with van der Waals surface area (Å²) in [5.41, 5.74) is 2.38. The number of halogens is 3. The van der Waals surface area contributed by atoms with Gasteiger partial charge in [-0.15, -0.1) is 0 Å². The maximum absolute atomic E-state index is 14.0. The van der Waals surface area contributed by atoms with Gasteiger partial charge in [-0.1, -0.05) is 55.8 Å². The molecule has 0 bridgehead atoms. The van der Waals surface area contributed by atoms with E-state index in [0.29, 0.717) is 47.2 Å². The largest absolute Gasteiger partial charge is 0.416 e. The summed E-state index contributed by atoms with van der Waals surface area (Å²) in [7, 11) is 1.63. The first-order valence-corrected chi connectivity index (χ1v) is 14.7. The van der Waals surface area contributed by atoms with Crippen molar-refractivity contribution in [1.82, 2.24) is 25.2 Å². The number of hydrogen-bond acceptors (Lipinski definition) is 4. The van der Waals surface area contributed by atoms with Crippen LogP contribution in [0.3, 0.4) is 0 Å². The lowest BCUT2D eigenvalue weighted by atomic mass is 9.79. The molecule has 0 saturated heterocycles. The number of nitrogens with zero attached hydrogens (tertiary/aromatic N) is 3. The van der Waals surface area contributed by atoms with Gasteiger partial charge in [0.2, 0.25) is 5.91 Å². The number of pyridine rings is 1. The first kappa shape index (κ1) is 29.3. The van der Waals surface area contributed by atoms with Crippen LogP contribution in [-0.4, -0.2) is 33.4 Å². The fourth-order valence-electron chi connectivity index (χ4n) is 6.14. The van der Waals surface area contributed by atoms with Crippen molar-refractivity contribution in [2.45, 2.75) is 50.9 Å². The molecule has 2 N–H and O–H groups in total. The van der Waals surface area contributed by atoms with E-state index in [0.717, 1.165) is 34.9 Å². The zero-order chi connectivity index (χ0) is 31.0. The molecule has 0 radical (unpaired) electrons. The number of benzene rings is 3. The molecule has 6 rings (SSSR count). The number of hydrogen-bond donors (Lipinski definition) is 2. The fraction of sp³-hybridized carbons (Fsp3) is 0.294. The van der Waals surface area contributed by atoms with Crippen LogP contribution in [0.25, 0.3) is 33.2 Å². The summed E-state index contributed by atoms with van der Waals surface area (Å²) in [5.74, 6) is 0.157. The average molecular weight is 600 g/mol. The first-order chi connectivity index (χ1) is 21.2. The van der Waals surface area contributed by atoms with Crippen molar-refractivity contribution in [1.29, 1.82) is 0 Å². The van der Waals surface area contributed by atoms with E-state index in [4.69, 9.17) is 4.98 Å². The molecular weight excluding hydrogens is 567 g/mol. The SMILES string of the molecule is CCC[C@@H](NC(=O)c1cccc2nc(-c3cncc4ccccc34)n(C3CC(C(=O)NC)C3)c12)c1ccc(C(F)(F)F)cc1. The predicted molar refractivity (Wildman–Crippen MR) is 163 cm³/mol. The predicted octanol–water partition coefficient (Wildman–Crippen LogP) is 7.24. The standard InChI is InChI=1S/C34H32F3N5O2/c1-3-7-28(20-12-14-23(15-13-20)34(35,36)37)41-33(44)26-10-6-11-29-30(26)42(24-16-22(17-24)32(43)38-2)31(40-29)27-19-39-18-21-8-4-5-9-25(21)27/h4-6,8-15,18-19,22,24,28H,3,7,16-17H2,1-2H3,(H,38,43)(H,41,44)/t22?,24?,28-/m1/s1. The van der Waals surface area contributed by atoms with E-state index >= 15 is 0 Å². The molecule has 5 aromatic rings. The number of nitrogens with one attached hydrogen (secondary N) is 2. The van der Waals surface area contributed by atoms with Crippen molar-refractivity contribution in [2.75, 3.05) is 7.05 Å². The highest BCUT2D eigenvalue weighted by atomic mass is 19.4. The third-order valence-electron chi connectivity index (χ3n) is 8.48.